The molecule has 0 saturated carbocycles. The summed E-state index contributed by atoms with van der Waals surface area (Å²) in [4.78, 5) is 12.8. The molecule has 106 valence electrons. The predicted molar refractivity (Wildman–Crippen MR) is 74.2 cm³/mol. The molecule has 0 radical (unpaired) electrons. The molecule has 0 fully saturated rings. The van der Waals surface area contributed by atoms with E-state index >= 15 is 0 Å². The second kappa shape index (κ2) is 6.52. The maximum atomic E-state index is 13.6. The molecule has 19 heavy (non-hydrogen) atoms. The first kappa shape index (κ1) is 15.4. The van der Waals surface area contributed by atoms with Gasteiger partial charge in [-0.15, -0.1) is 0 Å². The van der Waals surface area contributed by atoms with Crippen molar-refractivity contribution in [3.8, 4) is 0 Å². The topological polar surface area (TPSA) is 52.6 Å². The Morgan fingerprint density at radius 2 is 2.05 bits per heavy atom. The lowest BCUT2D eigenvalue weighted by molar-refractivity contribution is 0.0692. The molecule has 0 aliphatic carbocycles. The van der Waals surface area contributed by atoms with E-state index in [2.05, 4.69) is 24.1 Å². The first-order valence-electron chi connectivity index (χ1n) is 6.25. The number of carbonyl (C=O) groups is 1. The summed E-state index contributed by atoms with van der Waals surface area (Å²) in [6, 6.07) is 4.28. The number of carboxylic acid groups (broad SMARTS) is 1. The zero-order valence-electron chi connectivity index (χ0n) is 11.8. The smallest absolute Gasteiger partial charge is 0.338 e. The minimum atomic E-state index is -1.25. The molecular weight excluding hydrogens is 247 g/mol. The van der Waals surface area contributed by atoms with Crippen LogP contribution in [0.4, 0.5) is 10.1 Å². The van der Waals surface area contributed by atoms with Crippen LogP contribution in [0.25, 0.3) is 0 Å². The van der Waals surface area contributed by atoms with E-state index in [1.54, 1.807) is 6.07 Å². The lowest BCUT2D eigenvalue weighted by atomic mass is 10.0. The maximum absolute atomic E-state index is 13.6. The highest BCUT2D eigenvalue weighted by Crippen LogP contribution is 2.17. The predicted octanol–water partition coefficient (Wildman–Crippen LogP) is 2.52. The standard InChI is InChI=1S/C14H21FN2O2/c1-9(2)13(8-17(3)4)16-10-5-6-11(14(18)19)12(15)7-10/h5-7,9,13,16H,8H2,1-4H3,(H,18,19). The number of hydrogen-bond acceptors (Lipinski definition) is 3. The fraction of sp³-hybridized carbons (Fsp3) is 0.500. The minimum absolute atomic E-state index is 0.171. The molecule has 1 rings (SSSR count). The van der Waals surface area contributed by atoms with Crippen molar-refractivity contribution in [1.82, 2.24) is 4.90 Å². The second-order valence-corrected chi connectivity index (χ2v) is 5.26. The number of halogens is 1. The van der Waals surface area contributed by atoms with Crippen molar-refractivity contribution in [3.05, 3.63) is 29.6 Å². The molecular formula is C14H21FN2O2. The van der Waals surface area contributed by atoms with Crippen LogP contribution in [-0.4, -0.2) is 42.7 Å². The number of aromatic carboxylic acids is 1. The SMILES string of the molecule is CC(C)C(CN(C)C)Nc1ccc(C(=O)O)c(F)c1. The molecule has 1 aromatic rings. The number of nitrogens with one attached hydrogen (secondary N) is 1. The Kier molecular flexibility index (Phi) is 5.30. The second-order valence-electron chi connectivity index (χ2n) is 5.26. The van der Waals surface area contributed by atoms with Crippen LogP contribution in [0.2, 0.25) is 0 Å². The molecule has 0 amide bonds. The average molecular weight is 268 g/mol. The Bertz CT molecular complexity index is 447. The molecule has 0 saturated heterocycles. The summed E-state index contributed by atoms with van der Waals surface area (Å²) in [7, 11) is 3.95. The van der Waals surface area contributed by atoms with Gasteiger partial charge in [-0.2, -0.15) is 0 Å². The van der Waals surface area contributed by atoms with Crippen LogP contribution in [-0.2, 0) is 0 Å². The minimum Gasteiger partial charge on any atom is -0.478 e. The van der Waals surface area contributed by atoms with E-state index in [1.807, 2.05) is 14.1 Å². The van der Waals surface area contributed by atoms with E-state index in [-0.39, 0.29) is 11.6 Å². The quantitative estimate of drug-likeness (QED) is 0.832. The first-order chi connectivity index (χ1) is 8.81. The van der Waals surface area contributed by atoms with Crippen LogP contribution < -0.4 is 5.32 Å². The third-order valence-electron chi connectivity index (χ3n) is 2.92. The highest BCUT2D eigenvalue weighted by molar-refractivity contribution is 5.88. The van der Waals surface area contributed by atoms with Gasteiger partial charge in [0.05, 0.1) is 5.56 Å². The zero-order valence-corrected chi connectivity index (χ0v) is 11.8. The molecule has 1 unspecified atom stereocenters. The molecule has 0 aromatic heterocycles. The number of rotatable bonds is 6. The van der Waals surface area contributed by atoms with Crippen LogP contribution in [0.3, 0.4) is 0 Å². The Labute approximate surface area is 113 Å². The summed E-state index contributed by atoms with van der Waals surface area (Å²) >= 11 is 0. The van der Waals surface area contributed by atoms with Gasteiger partial charge < -0.3 is 15.3 Å². The van der Waals surface area contributed by atoms with Crippen LogP contribution in [0, 0.1) is 11.7 Å². The van der Waals surface area contributed by atoms with E-state index in [0.717, 1.165) is 6.54 Å². The van der Waals surface area contributed by atoms with Gasteiger partial charge in [0.15, 0.2) is 0 Å². The Balaban J connectivity index is 2.85. The van der Waals surface area contributed by atoms with Gasteiger partial charge in [0.25, 0.3) is 0 Å². The lowest BCUT2D eigenvalue weighted by Crippen LogP contribution is -2.36. The van der Waals surface area contributed by atoms with Crippen molar-refractivity contribution >= 4 is 11.7 Å². The number of benzene rings is 1. The fourth-order valence-corrected chi connectivity index (χ4v) is 1.81. The van der Waals surface area contributed by atoms with Gasteiger partial charge in [-0.25, -0.2) is 9.18 Å². The fourth-order valence-electron chi connectivity index (χ4n) is 1.81. The number of anilines is 1. The van der Waals surface area contributed by atoms with Crippen molar-refractivity contribution in [1.29, 1.82) is 0 Å². The zero-order chi connectivity index (χ0) is 14.6. The third-order valence-corrected chi connectivity index (χ3v) is 2.92. The summed E-state index contributed by atoms with van der Waals surface area (Å²) in [5, 5.41) is 12.0. The van der Waals surface area contributed by atoms with Gasteiger partial charge in [-0.05, 0) is 38.2 Å². The van der Waals surface area contributed by atoms with E-state index < -0.39 is 11.8 Å². The summed E-state index contributed by atoms with van der Waals surface area (Å²) in [5.41, 5.74) is 0.294. The molecule has 1 aromatic carbocycles. The molecule has 2 N–H and O–H groups in total. The van der Waals surface area contributed by atoms with Gasteiger partial charge in [0.1, 0.15) is 5.82 Å². The molecule has 5 heteroatoms. The summed E-state index contributed by atoms with van der Waals surface area (Å²) in [6.45, 7) is 4.99. The van der Waals surface area contributed by atoms with Crippen molar-refractivity contribution in [3.63, 3.8) is 0 Å². The van der Waals surface area contributed by atoms with Gasteiger partial charge in [0, 0.05) is 18.3 Å². The van der Waals surface area contributed by atoms with E-state index in [1.165, 1.54) is 12.1 Å². The molecule has 1 atom stereocenters. The van der Waals surface area contributed by atoms with E-state index in [0.29, 0.717) is 11.6 Å². The Hall–Kier alpha value is -1.62. The summed E-state index contributed by atoms with van der Waals surface area (Å²) in [5.74, 6) is -1.59. The normalized spacial score (nSPS) is 12.8. The maximum Gasteiger partial charge on any atom is 0.338 e. The number of likely N-dealkylation sites (N-methyl/N-ethyl adjacent to an activating group) is 1. The molecule has 0 heterocycles. The monoisotopic (exact) mass is 268 g/mol. The third kappa shape index (κ3) is 4.52. The number of carboxylic acids is 1. The van der Waals surface area contributed by atoms with Crippen LogP contribution in [0.1, 0.15) is 24.2 Å². The van der Waals surface area contributed by atoms with Crippen molar-refractivity contribution < 1.29 is 14.3 Å². The van der Waals surface area contributed by atoms with E-state index in [4.69, 9.17) is 5.11 Å². The van der Waals surface area contributed by atoms with Crippen LogP contribution in [0.15, 0.2) is 18.2 Å². The van der Waals surface area contributed by atoms with Crippen molar-refractivity contribution in [2.45, 2.75) is 19.9 Å². The lowest BCUT2D eigenvalue weighted by Gasteiger charge is -2.26. The van der Waals surface area contributed by atoms with Gasteiger partial charge in [-0.1, -0.05) is 13.8 Å². The highest BCUT2D eigenvalue weighted by Gasteiger charge is 2.16. The Morgan fingerprint density at radius 1 is 1.42 bits per heavy atom. The van der Waals surface area contributed by atoms with Gasteiger partial charge >= 0.3 is 5.97 Å². The number of hydrogen-bond donors (Lipinski definition) is 2. The van der Waals surface area contributed by atoms with Crippen LogP contribution >= 0.6 is 0 Å². The summed E-state index contributed by atoms with van der Waals surface area (Å²) in [6.07, 6.45) is 0. The molecule has 0 bridgehead atoms. The highest BCUT2D eigenvalue weighted by atomic mass is 19.1. The summed E-state index contributed by atoms with van der Waals surface area (Å²) < 4.78 is 13.6. The molecule has 4 nitrogen and oxygen atoms in total. The molecule has 0 aliphatic rings. The van der Waals surface area contributed by atoms with E-state index in [9.17, 15) is 9.18 Å². The first-order valence-corrected chi connectivity index (χ1v) is 6.25. The molecule has 0 aliphatic heterocycles. The molecule has 0 spiro atoms. The van der Waals surface area contributed by atoms with Gasteiger partial charge in [-0.3, -0.25) is 0 Å². The van der Waals surface area contributed by atoms with Gasteiger partial charge in [0.2, 0.25) is 0 Å². The van der Waals surface area contributed by atoms with Crippen LogP contribution in [0.5, 0.6) is 0 Å². The largest absolute Gasteiger partial charge is 0.478 e. The van der Waals surface area contributed by atoms with Crippen molar-refractivity contribution in [2.75, 3.05) is 26.0 Å². The average Bonchev–Trinajstić information content (AvgIpc) is 2.26. The Morgan fingerprint density at radius 3 is 2.47 bits per heavy atom. The number of nitrogens with zero attached hydrogens (tertiary/aromatic N) is 1. The van der Waals surface area contributed by atoms with Crippen molar-refractivity contribution in [2.24, 2.45) is 5.92 Å².